The summed E-state index contributed by atoms with van der Waals surface area (Å²) < 4.78 is 44.0. The molecular weight excluding hydrogens is 541 g/mol. The SMILES string of the molecule is FC(F)(F)c1ccc(N/N=C\c2cc(Cl)c(OCc3ccc(Cl)c(Cl)c3)c(Br)c2)nc1. The number of aromatic nitrogens is 1. The monoisotopic (exact) mass is 551 g/mol. The molecule has 0 atom stereocenters. The number of nitrogens with one attached hydrogen (secondary N) is 1. The molecule has 0 aliphatic heterocycles. The fourth-order valence-corrected chi connectivity index (χ4v) is 3.69. The van der Waals surface area contributed by atoms with E-state index in [0.717, 1.165) is 17.8 Å². The van der Waals surface area contributed by atoms with Gasteiger partial charge in [-0.05, 0) is 63.5 Å². The number of hydrogen-bond donors (Lipinski definition) is 1. The fraction of sp³-hybridized carbons (Fsp3) is 0.100. The van der Waals surface area contributed by atoms with E-state index in [2.05, 4.69) is 31.4 Å². The summed E-state index contributed by atoms with van der Waals surface area (Å²) in [6.45, 7) is 0.226. The molecule has 0 radical (unpaired) electrons. The van der Waals surface area contributed by atoms with Crippen LogP contribution in [0.5, 0.6) is 5.75 Å². The minimum Gasteiger partial charge on any atom is -0.486 e. The number of halogens is 7. The summed E-state index contributed by atoms with van der Waals surface area (Å²) in [5, 5.41) is 5.18. The van der Waals surface area contributed by atoms with Crippen molar-refractivity contribution in [2.75, 3.05) is 5.43 Å². The first-order valence-corrected chi connectivity index (χ1v) is 10.4. The van der Waals surface area contributed by atoms with Crippen molar-refractivity contribution in [3.63, 3.8) is 0 Å². The first-order chi connectivity index (χ1) is 14.6. The quantitative estimate of drug-likeness (QED) is 0.250. The summed E-state index contributed by atoms with van der Waals surface area (Å²) in [5.41, 5.74) is 3.16. The highest BCUT2D eigenvalue weighted by molar-refractivity contribution is 9.10. The lowest BCUT2D eigenvalue weighted by Crippen LogP contribution is -2.05. The first-order valence-electron chi connectivity index (χ1n) is 8.51. The number of rotatable bonds is 6. The number of hydrogen-bond acceptors (Lipinski definition) is 4. The molecule has 1 N–H and O–H groups in total. The van der Waals surface area contributed by atoms with Gasteiger partial charge in [0.2, 0.25) is 0 Å². The molecule has 162 valence electrons. The lowest BCUT2D eigenvalue weighted by Gasteiger charge is -2.11. The van der Waals surface area contributed by atoms with E-state index in [4.69, 9.17) is 39.5 Å². The number of alkyl halides is 3. The van der Waals surface area contributed by atoms with Crippen LogP contribution in [-0.4, -0.2) is 11.2 Å². The molecular formula is C20H12BrCl3F3N3O. The van der Waals surface area contributed by atoms with Crippen LogP contribution >= 0.6 is 50.7 Å². The molecule has 2 aromatic carbocycles. The Kier molecular flexibility index (Phi) is 7.69. The third kappa shape index (κ3) is 6.49. The van der Waals surface area contributed by atoms with Gasteiger partial charge in [0.05, 0.1) is 31.3 Å². The Morgan fingerprint density at radius 2 is 1.81 bits per heavy atom. The number of nitrogens with zero attached hydrogens (tertiary/aromatic N) is 2. The summed E-state index contributed by atoms with van der Waals surface area (Å²) in [6.07, 6.45) is -2.27. The molecule has 4 nitrogen and oxygen atoms in total. The Labute approximate surface area is 199 Å². The Morgan fingerprint density at radius 1 is 1.03 bits per heavy atom. The summed E-state index contributed by atoms with van der Waals surface area (Å²) in [5.74, 6) is 0.596. The molecule has 0 saturated heterocycles. The van der Waals surface area contributed by atoms with E-state index in [0.29, 0.717) is 30.9 Å². The van der Waals surface area contributed by atoms with E-state index in [1.165, 1.54) is 12.3 Å². The lowest BCUT2D eigenvalue weighted by atomic mass is 10.2. The van der Waals surface area contributed by atoms with Crippen LogP contribution in [0.2, 0.25) is 15.1 Å². The minimum absolute atomic E-state index is 0.163. The van der Waals surface area contributed by atoms with E-state index in [1.807, 2.05) is 0 Å². The molecule has 0 fully saturated rings. The molecule has 3 rings (SSSR count). The van der Waals surface area contributed by atoms with Crippen molar-refractivity contribution >= 4 is 62.8 Å². The van der Waals surface area contributed by atoms with Gasteiger partial charge in [0.25, 0.3) is 0 Å². The Morgan fingerprint density at radius 3 is 2.42 bits per heavy atom. The van der Waals surface area contributed by atoms with Crippen molar-refractivity contribution in [1.29, 1.82) is 0 Å². The van der Waals surface area contributed by atoms with Crippen molar-refractivity contribution in [2.45, 2.75) is 12.8 Å². The molecule has 31 heavy (non-hydrogen) atoms. The molecule has 1 aromatic heterocycles. The van der Waals surface area contributed by atoms with Gasteiger partial charge in [0.1, 0.15) is 12.4 Å². The number of anilines is 1. The molecule has 1 heterocycles. The third-order valence-electron chi connectivity index (χ3n) is 3.87. The van der Waals surface area contributed by atoms with Crippen LogP contribution in [0.25, 0.3) is 0 Å². The van der Waals surface area contributed by atoms with Gasteiger partial charge >= 0.3 is 6.18 Å². The molecule has 0 aliphatic carbocycles. The van der Waals surface area contributed by atoms with Gasteiger partial charge in [0.15, 0.2) is 5.75 Å². The normalized spacial score (nSPS) is 11.7. The molecule has 0 bridgehead atoms. The second kappa shape index (κ2) is 10.1. The van der Waals surface area contributed by atoms with Crippen molar-refractivity contribution in [1.82, 2.24) is 4.98 Å². The average molecular weight is 554 g/mol. The fourth-order valence-electron chi connectivity index (χ4n) is 2.38. The van der Waals surface area contributed by atoms with E-state index in [1.54, 1.807) is 30.3 Å². The maximum atomic E-state index is 12.6. The molecule has 0 saturated carbocycles. The highest BCUT2D eigenvalue weighted by atomic mass is 79.9. The number of hydrazone groups is 1. The first kappa shape index (κ1) is 23.7. The zero-order chi connectivity index (χ0) is 22.6. The van der Waals surface area contributed by atoms with Crippen LogP contribution in [0.4, 0.5) is 19.0 Å². The molecule has 0 unspecified atom stereocenters. The second-order valence-electron chi connectivity index (χ2n) is 6.15. The predicted octanol–water partition coefficient (Wildman–Crippen LogP) is 7.85. The maximum absolute atomic E-state index is 12.6. The maximum Gasteiger partial charge on any atom is 0.417 e. The van der Waals surface area contributed by atoms with E-state index < -0.39 is 11.7 Å². The van der Waals surface area contributed by atoms with Crippen LogP contribution in [0.3, 0.4) is 0 Å². The van der Waals surface area contributed by atoms with Gasteiger partial charge < -0.3 is 4.74 Å². The molecule has 11 heteroatoms. The van der Waals surface area contributed by atoms with E-state index >= 15 is 0 Å². The minimum atomic E-state index is -4.44. The summed E-state index contributed by atoms with van der Waals surface area (Å²) in [7, 11) is 0. The Hall–Kier alpha value is -2.00. The predicted molar refractivity (Wildman–Crippen MR) is 120 cm³/mol. The largest absolute Gasteiger partial charge is 0.486 e. The molecule has 0 aliphatic rings. The molecule has 0 amide bonds. The topological polar surface area (TPSA) is 46.5 Å². The Bertz CT molecular complexity index is 1090. The van der Waals surface area contributed by atoms with Crippen LogP contribution in [0.15, 0.2) is 58.2 Å². The lowest BCUT2D eigenvalue weighted by molar-refractivity contribution is -0.137. The zero-order valence-corrected chi connectivity index (χ0v) is 19.2. The average Bonchev–Trinajstić information content (AvgIpc) is 2.70. The van der Waals surface area contributed by atoms with E-state index in [-0.39, 0.29) is 12.4 Å². The summed E-state index contributed by atoms with van der Waals surface area (Å²) in [4.78, 5) is 3.67. The highest BCUT2D eigenvalue weighted by Crippen LogP contribution is 2.35. The third-order valence-corrected chi connectivity index (χ3v) is 5.48. The highest BCUT2D eigenvalue weighted by Gasteiger charge is 2.30. The van der Waals surface area contributed by atoms with Gasteiger partial charge in [-0.3, -0.25) is 5.43 Å². The zero-order valence-electron chi connectivity index (χ0n) is 15.4. The van der Waals surface area contributed by atoms with Gasteiger partial charge in [-0.15, -0.1) is 0 Å². The summed E-state index contributed by atoms with van der Waals surface area (Å²) >= 11 is 21.6. The number of ether oxygens (including phenoxy) is 1. The van der Waals surface area contributed by atoms with Crippen LogP contribution in [0.1, 0.15) is 16.7 Å². The standard InChI is InChI=1S/C20H12BrCl3F3N3O/c21-14-5-12(8-29-30-18-4-2-13(9-28-18)20(25,26)27)7-17(24)19(14)31-10-11-1-3-15(22)16(23)6-11/h1-9H,10H2,(H,28,30)/b29-8-. The number of benzene rings is 2. The van der Waals surface area contributed by atoms with E-state index in [9.17, 15) is 13.2 Å². The second-order valence-corrected chi connectivity index (χ2v) is 8.23. The van der Waals surface area contributed by atoms with Gasteiger partial charge in [-0.2, -0.15) is 18.3 Å². The van der Waals surface area contributed by atoms with Crippen molar-refractivity contribution < 1.29 is 17.9 Å². The summed E-state index contributed by atoms with van der Waals surface area (Å²) in [6, 6.07) is 10.6. The molecule has 0 spiro atoms. The smallest absolute Gasteiger partial charge is 0.417 e. The van der Waals surface area contributed by atoms with Crippen molar-refractivity contribution in [3.05, 3.63) is 84.9 Å². The van der Waals surface area contributed by atoms with Crippen LogP contribution in [-0.2, 0) is 12.8 Å². The van der Waals surface area contributed by atoms with Crippen molar-refractivity contribution in [2.24, 2.45) is 5.10 Å². The van der Waals surface area contributed by atoms with Crippen LogP contribution < -0.4 is 10.2 Å². The molecule has 3 aromatic rings. The van der Waals surface area contributed by atoms with Gasteiger partial charge in [-0.25, -0.2) is 4.98 Å². The number of pyridine rings is 1. The van der Waals surface area contributed by atoms with Gasteiger partial charge in [0, 0.05) is 6.20 Å². The Balaban J connectivity index is 1.64. The van der Waals surface area contributed by atoms with Gasteiger partial charge in [-0.1, -0.05) is 40.9 Å². The van der Waals surface area contributed by atoms with Crippen molar-refractivity contribution in [3.8, 4) is 5.75 Å². The van der Waals surface area contributed by atoms with Crippen LogP contribution in [0, 0.1) is 0 Å².